The van der Waals surface area contributed by atoms with Gasteiger partial charge in [-0.15, -0.1) is 0 Å². The second-order valence-electron chi connectivity index (χ2n) is 5.97. The van der Waals surface area contributed by atoms with Crippen LogP contribution >= 0.6 is 15.9 Å². The molecular formula is C22H19BrO2. The van der Waals surface area contributed by atoms with Gasteiger partial charge >= 0.3 is 0 Å². The first-order valence-corrected chi connectivity index (χ1v) is 9.05. The molecule has 0 heterocycles. The van der Waals surface area contributed by atoms with E-state index in [1.807, 2.05) is 97.9 Å². The van der Waals surface area contributed by atoms with Crippen LogP contribution in [0.1, 0.15) is 18.1 Å². The summed E-state index contributed by atoms with van der Waals surface area (Å²) in [6.07, 6.45) is 0. The molecule has 1 unspecified atom stereocenters. The van der Waals surface area contributed by atoms with Gasteiger partial charge in [-0.3, -0.25) is 4.79 Å². The minimum atomic E-state index is -0.814. The molecule has 0 fully saturated rings. The van der Waals surface area contributed by atoms with Crippen molar-refractivity contribution in [1.29, 1.82) is 0 Å². The molecule has 0 saturated heterocycles. The summed E-state index contributed by atoms with van der Waals surface area (Å²) >= 11 is 3.44. The summed E-state index contributed by atoms with van der Waals surface area (Å²) in [4.78, 5) is 13.4. The zero-order valence-corrected chi connectivity index (χ0v) is 15.5. The zero-order valence-electron chi connectivity index (χ0n) is 13.9. The lowest BCUT2D eigenvalue weighted by molar-refractivity contribution is -0.125. The van der Waals surface area contributed by atoms with E-state index in [1.54, 1.807) is 0 Å². The molecule has 0 aromatic heterocycles. The molecule has 3 aromatic rings. The minimum absolute atomic E-state index is 0.0475. The van der Waals surface area contributed by atoms with E-state index >= 15 is 0 Å². The first kappa shape index (κ1) is 17.4. The summed E-state index contributed by atoms with van der Waals surface area (Å²) < 4.78 is 5.83. The van der Waals surface area contributed by atoms with Crippen molar-refractivity contribution in [3.63, 3.8) is 0 Å². The Morgan fingerprint density at radius 3 is 1.64 bits per heavy atom. The maximum absolute atomic E-state index is 13.4. The van der Waals surface area contributed by atoms with Crippen molar-refractivity contribution in [3.8, 4) is 5.75 Å². The molecule has 0 aliphatic rings. The second-order valence-corrected chi connectivity index (χ2v) is 6.80. The van der Waals surface area contributed by atoms with Crippen LogP contribution in [0.15, 0.2) is 91.0 Å². The van der Waals surface area contributed by atoms with E-state index < -0.39 is 10.4 Å². The van der Waals surface area contributed by atoms with Crippen LogP contribution in [0.25, 0.3) is 0 Å². The van der Waals surface area contributed by atoms with E-state index in [-0.39, 0.29) is 5.78 Å². The van der Waals surface area contributed by atoms with Crippen LogP contribution in [-0.4, -0.2) is 10.8 Å². The second kappa shape index (κ2) is 7.66. The number of rotatable bonds is 6. The Hall–Kier alpha value is -2.39. The highest BCUT2D eigenvalue weighted by Crippen LogP contribution is 2.35. The first-order valence-electron chi connectivity index (χ1n) is 8.13. The largest absolute Gasteiger partial charge is 0.471 e. The predicted molar refractivity (Wildman–Crippen MR) is 104 cm³/mol. The molecule has 0 saturated carbocycles. The summed E-state index contributed by atoms with van der Waals surface area (Å²) in [5.74, 6) is 0.606. The van der Waals surface area contributed by atoms with Gasteiger partial charge in [0.1, 0.15) is 5.75 Å². The molecular weight excluding hydrogens is 376 g/mol. The number of carbonyl (C=O) groups excluding carboxylic acids is 1. The molecule has 0 amide bonds. The smallest absolute Gasteiger partial charge is 0.212 e. The van der Waals surface area contributed by atoms with Gasteiger partial charge in [-0.05, 0) is 46.1 Å². The summed E-state index contributed by atoms with van der Waals surface area (Å²) in [5.41, 5.74) is 1.06. The van der Waals surface area contributed by atoms with E-state index in [0.29, 0.717) is 5.75 Å². The number of carbonyl (C=O) groups is 1. The molecule has 0 aliphatic heterocycles. The molecule has 3 rings (SSSR count). The van der Waals surface area contributed by atoms with Gasteiger partial charge in [0, 0.05) is 0 Å². The number of hydrogen-bond acceptors (Lipinski definition) is 2. The summed E-state index contributed by atoms with van der Waals surface area (Å²) in [6, 6.07) is 29.0. The monoisotopic (exact) mass is 394 g/mol. The van der Waals surface area contributed by atoms with Crippen molar-refractivity contribution in [2.24, 2.45) is 0 Å². The van der Waals surface area contributed by atoms with Crippen LogP contribution in [0.4, 0.5) is 0 Å². The Kier molecular flexibility index (Phi) is 5.34. The van der Waals surface area contributed by atoms with E-state index in [4.69, 9.17) is 4.74 Å². The van der Waals surface area contributed by atoms with E-state index in [1.165, 1.54) is 0 Å². The van der Waals surface area contributed by atoms with Gasteiger partial charge in [0.15, 0.2) is 5.78 Å². The van der Waals surface area contributed by atoms with Crippen molar-refractivity contribution in [2.45, 2.75) is 17.4 Å². The number of alkyl halides is 1. The maximum atomic E-state index is 13.4. The Labute approximate surface area is 156 Å². The molecule has 0 N–H and O–H groups in total. The van der Waals surface area contributed by atoms with Gasteiger partial charge in [0.25, 0.3) is 0 Å². The van der Waals surface area contributed by atoms with E-state index in [0.717, 1.165) is 11.1 Å². The fraction of sp³-hybridized carbons (Fsp3) is 0.136. The topological polar surface area (TPSA) is 26.3 Å². The lowest BCUT2D eigenvalue weighted by Crippen LogP contribution is -2.41. The molecule has 0 spiro atoms. The fourth-order valence-electron chi connectivity index (χ4n) is 2.89. The van der Waals surface area contributed by atoms with Crippen LogP contribution in [0.3, 0.4) is 0 Å². The molecule has 25 heavy (non-hydrogen) atoms. The highest BCUT2D eigenvalue weighted by Gasteiger charge is 2.41. The lowest BCUT2D eigenvalue weighted by atomic mass is 9.73. The van der Waals surface area contributed by atoms with Crippen molar-refractivity contribution in [3.05, 3.63) is 102 Å². The number of hydrogen-bond donors (Lipinski definition) is 0. The summed E-state index contributed by atoms with van der Waals surface area (Å²) in [7, 11) is 0. The number of Topliss-reactive ketones (excluding diaryl/α,β-unsaturated/α-hetero) is 1. The van der Waals surface area contributed by atoms with Crippen LogP contribution < -0.4 is 4.74 Å². The van der Waals surface area contributed by atoms with Crippen LogP contribution in [0.2, 0.25) is 0 Å². The van der Waals surface area contributed by atoms with Crippen molar-refractivity contribution < 1.29 is 9.53 Å². The van der Waals surface area contributed by atoms with E-state index in [9.17, 15) is 4.79 Å². The number of para-hydroxylation sites is 1. The van der Waals surface area contributed by atoms with Crippen LogP contribution in [0.5, 0.6) is 5.75 Å². The molecule has 2 nitrogen and oxygen atoms in total. The minimum Gasteiger partial charge on any atom is -0.471 e. The molecule has 0 bridgehead atoms. The highest BCUT2D eigenvalue weighted by atomic mass is 79.9. The number of halogens is 1. The summed E-state index contributed by atoms with van der Waals surface area (Å²) in [6.45, 7) is 1.95. The first-order chi connectivity index (χ1) is 12.1. The van der Waals surface area contributed by atoms with Gasteiger partial charge < -0.3 is 4.74 Å². The van der Waals surface area contributed by atoms with Gasteiger partial charge in [0.05, 0.1) is 5.41 Å². The Morgan fingerprint density at radius 2 is 1.20 bits per heavy atom. The predicted octanol–water partition coefficient (Wildman–Crippen LogP) is 5.36. The molecule has 126 valence electrons. The van der Waals surface area contributed by atoms with Crippen LogP contribution in [-0.2, 0) is 10.2 Å². The van der Waals surface area contributed by atoms with Crippen molar-refractivity contribution in [2.75, 3.05) is 0 Å². The van der Waals surface area contributed by atoms with Crippen molar-refractivity contribution >= 4 is 21.7 Å². The molecule has 0 aliphatic carbocycles. The average molecular weight is 395 g/mol. The normalized spacial score (nSPS) is 12.4. The summed E-state index contributed by atoms with van der Waals surface area (Å²) in [5, 5.41) is -0.750. The maximum Gasteiger partial charge on any atom is 0.212 e. The number of ether oxygens (including phenoxy) is 1. The van der Waals surface area contributed by atoms with Gasteiger partial charge in [-0.25, -0.2) is 0 Å². The standard InChI is InChI=1S/C22H19BrO2/c1-22(17-11-5-2-6-12-17,18-13-7-3-8-14-18)20(24)21(23)25-19-15-9-4-10-16-19/h2-16,21H,1H3. The fourth-order valence-corrected chi connectivity index (χ4v) is 3.57. The third kappa shape index (κ3) is 3.67. The van der Waals surface area contributed by atoms with Gasteiger partial charge in [-0.2, -0.15) is 0 Å². The number of ketones is 1. The Balaban J connectivity index is 1.98. The van der Waals surface area contributed by atoms with Crippen molar-refractivity contribution in [1.82, 2.24) is 0 Å². The third-order valence-corrected chi connectivity index (χ3v) is 4.99. The highest BCUT2D eigenvalue weighted by molar-refractivity contribution is 9.09. The van der Waals surface area contributed by atoms with Crippen LogP contribution in [0, 0.1) is 0 Å². The SMILES string of the molecule is CC(C(=O)C(Br)Oc1ccccc1)(c1ccccc1)c1ccccc1. The Morgan fingerprint density at radius 1 is 0.800 bits per heavy atom. The van der Waals surface area contributed by atoms with E-state index in [2.05, 4.69) is 15.9 Å². The zero-order chi connectivity index (χ0) is 17.7. The van der Waals surface area contributed by atoms with Gasteiger partial charge in [-0.1, -0.05) is 78.9 Å². The third-order valence-electron chi connectivity index (χ3n) is 4.38. The lowest BCUT2D eigenvalue weighted by Gasteiger charge is -2.31. The quantitative estimate of drug-likeness (QED) is 0.525. The Bertz CT molecular complexity index is 777. The number of benzene rings is 3. The molecule has 3 heteroatoms. The van der Waals surface area contributed by atoms with Gasteiger partial charge in [0.2, 0.25) is 5.01 Å². The molecule has 0 radical (unpaired) electrons. The molecule has 1 atom stereocenters. The average Bonchev–Trinajstić information content (AvgIpc) is 2.69. The molecule has 3 aromatic carbocycles.